The molecule has 1 aliphatic rings. The van der Waals surface area contributed by atoms with Crippen LogP contribution in [0, 0.1) is 19.8 Å². The molecular weight excluding hydrogens is 182 g/mol. The molecule has 0 aliphatic carbocycles. The van der Waals surface area contributed by atoms with Crippen molar-refractivity contribution in [1.29, 1.82) is 0 Å². The highest BCUT2D eigenvalue weighted by Crippen LogP contribution is 2.31. The highest BCUT2D eigenvalue weighted by molar-refractivity contribution is 5.61. The van der Waals surface area contributed by atoms with Gasteiger partial charge in [0, 0.05) is 11.7 Å². The van der Waals surface area contributed by atoms with E-state index in [0.29, 0.717) is 6.04 Å². The maximum Gasteiger partial charge on any atom is 0.0407 e. The average molecular weight is 203 g/mol. The molecule has 1 aliphatic heterocycles. The molecule has 1 heteroatoms. The summed E-state index contributed by atoms with van der Waals surface area (Å²) >= 11 is 0. The van der Waals surface area contributed by atoms with Crippen LogP contribution >= 0.6 is 0 Å². The minimum absolute atomic E-state index is 0.651. The second kappa shape index (κ2) is 3.88. The van der Waals surface area contributed by atoms with Crippen LogP contribution in [0.3, 0.4) is 0 Å². The van der Waals surface area contributed by atoms with Crippen molar-refractivity contribution in [1.82, 2.24) is 0 Å². The van der Waals surface area contributed by atoms with Crippen molar-refractivity contribution in [2.45, 2.75) is 46.6 Å². The van der Waals surface area contributed by atoms with Crippen LogP contribution in [0.15, 0.2) is 12.1 Å². The predicted octanol–water partition coefficient (Wildman–Crippen LogP) is 3.69. The molecule has 15 heavy (non-hydrogen) atoms. The monoisotopic (exact) mass is 203 g/mol. The van der Waals surface area contributed by atoms with E-state index in [1.54, 1.807) is 0 Å². The lowest BCUT2D eigenvalue weighted by Gasteiger charge is -2.31. The lowest BCUT2D eigenvalue weighted by Crippen LogP contribution is -2.30. The number of fused-ring (bicyclic) bond motifs is 1. The van der Waals surface area contributed by atoms with Gasteiger partial charge < -0.3 is 5.32 Å². The fourth-order valence-corrected chi connectivity index (χ4v) is 2.35. The molecule has 1 N–H and O–H groups in total. The zero-order chi connectivity index (χ0) is 11.0. The molecule has 0 saturated carbocycles. The molecule has 0 aromatic heterocycles. The maximum atomic E-state index is 3.71. The first-order valence-corrected chi connectivity index (χ1v) is 5.95. The third-order valence-electron chi connectivity index (χ3n) is 3.68. The molecule has 1 atom stereocenters. The number of aryl methyl sites for hydroxylation is 2. The molecule has 0 saturated heterocycles. The van der Waals surface area contributed by atoms with E-state index in [4.69, 9.17) is 0 Å². The second-order valence-corrected chi connectivity index (χ2v) is 5.08. The fraction of sp³-hybridized carbons (Fsp3) is 0.571. The van der Waals surface area contributed by atoms with Gasteiger partial charge in [-0.05, 0) is 49.3 Å². The quantitative estimate of drug-likeness (QED) is 0.734. The summed E-state index contributed by atoms with van der Waals surface area (Å²) in [6.45, 7) is 9.02. The first-order chi connectivity index (χ1) is 7.09. The molecule has 1 heterocycles. The molecule has 2 rings (SSSR count). The third-order valence-corrected chi connectivity index (χ3v) is 3.68. The van der Waals surface area contributed by atoms with Crippen molar-refractivity contribution in [3.63, 3.8) is 0 Å². The van der Waals surface area contributed by atoms with E-state index in [-0.39, 0.29) is 0 Å². The van der Waals surface area contributed by atoms with Gasteiger partial charge in [-0.15, -0.1) is 0 Å². The van der Waals surface area contributed by atoms with Gasteiger partial charge in [-0.2, -0.15) is 0 Å². The van der Waals surface area contributed by atoms with E-state index in [1.807, 2.05) is 0 Å². The van der Waals surface area contributed by atoms with Crippen molar-refractivity contribution in [3.05, 3.63) is 28.8 Å². The number of hydrogen-bond donors (Lipinski definition) is 1. The Kier molecular flexibility index (Phi) is 2.72. The number of benzene rings is 1. The highest BCUT2D eigenvalue weighted by atomic mass is 14.9. The zero-order valence-corrected chi connectivity index (χ0v) is 10.2. The van der Waals surface area contributed by atoms with Gasteiger partial charge in [0.25, 0.3) is 0 Å². The normalized spacial score (nSPS) is 19.9. The van der Waals surface area contributed by atoms with E-state index in [9.17, 15) is 0 Å². The standard InChI is InChI=1S/C14H21N/c1-9(2)13-8-7-12-6-5-10(3)11(4)14(12)15-13/h5-6,9,13,15H,7-8H2,1-4H3. The number of rotatable bonds is 1. The Labute approximate surface area is 92.9 Å². The lowest BCUT2D eigenvalue weighted by molar-refractivity contribution is 0.482. The first-order valence-electron chi connectivity index (χ1n) is 5.95. The van der Waals surface area contributed by atoms with Crippen LogP contribution in [0.5, 0.6) is 0 Å². The average Bonchev–Trinajstić information content (AvgIpc) is 2.23. The lowest BCUT2D eigenvalue weighted by atomic mass is 9.89. The Balaban J connectivity index is 2.35. The largest absolute Gasteiger partial charge is 0.382 e. The van der Waals surface area contributed by atoms with E-state index < -0.39 is 0 Å². The molecule has 1 unspecified atom stereocenters. The Bertz CT molecular complexity index is 366. The van der Waals surface area contributed by atoms with E-state index in [1.165, 1.54) is 35.2 Å². The van der Waals surface area contributed by atoms with Crippen LogP contribution in [-0.4, -0.2) is 6.04 Å². The summed E-state index contributed by atoms with van der Waals surface area (Å²) < 4.78 is 0. The second-order valence-electron chi connectivity index (χ2n) is 5.08. The van der Waals surface area contributed by atoms with Crippen LogP contribution in [0.25, 0.3) is 0 Å². The van der Waals surface area contributed by atoms with Gasteiger partial charge in [-0.25, -0.2) is 0 Å². The molecular formula is C14H21N. The molecule has 1 aromatic carbocycles. The third kappa shape index (κ3) is 1.88. The Morgan fingerprint density at radius 3 is 2.67 bits per heavy atom. The first kappa shape index (κ1) is 10.5. The van der Waals surface area contributed by atoms with Gasteiger partial charge in [0.2, 0.25) is 0 Å². The van der Waals surface area contributed by atoms with Gasteiger partial charge in [-0.3, -0.25) is 0 Å². The number of nitrogens with one attached hydrogen (secondary N) is 1. The van der Waals surface area contributed by atoms with Crippen LogP contribution in [0.2, 0.25) is 0 Å². The molecule has 0 spiro atoms. The highest BCUT2D eigenvalue weighted by Gasteiger charge is 2.21. The Morgan fingerprint density at radius 1 is 1.27 bits per heavy atom. The molecule has 0 fully saturated rings. The van der Waals surface area contributed by atoms with Crippen LogP contribution in [-0.2, 0) is 6.42 Å². The van der Waals surface area contributed by atoms with Crippen LogP contribution < -0.4 is 5.32 Å². The Morgan fingerprint density at radius 2 is 2.00 bits per heavy atom. The van der Waals surface area contributed by atoms with Crippen molar-refractivity contribution in [3.8, 4) is 0 Å². The van der Waals surface area contributed by atoms with Crippen LogP contribution in [0.1, 0.15) is 37.0 Å². The maximum absolute atomic E-state index is 3.71. The van der Waals surface area contributed by atoms with Gasteiger partial charge in [0.05, 0.1) is 0 Å². The SMILES string of the molecule is Cc1ccc2c(c1C)NC(C(C)C)CC2. The summed E-state index contributed by atoms with van der Waals surface area (Å²) in [6, 6.07) is 5.17. The smallest absolute Gasteiger partial charge is 0.0407 e. The van der Waals surface area contributed by atoms with Gasteiger partial charge in [0.1, 0.15) is 0 Å². The predicted molar refractivity (Wildman–Crippen MR) is 66.5 cm³/mol. The molecule has 0 radical (unpaired) electrons. The van der Waals surface area contributed by atoms with Gasteiger partial charge in [0.15, 0.2) is 0 Å². The molecule has 0 amide bonds. The van der Waals surface area contributed by atoms with Crippen molar-refractivity contribution in [2.75, 3.05) is 5.32 Å². The number of hydrogen-bond acceptors (Lipinski definition) is 1. The summed E-state index contributed by atoms with van der Waals surface area (Å²) in [5.41, 5.74) is 5.72. The molecule has 82 valence electrons. The minimum Gasteiger partial charge on any atom is -0.382 e. The molecule has 0 bridgehead atoms. The summed E-state index contributed by atoms with van der Waals surface area (Å²) in [5.74, 6) is 0.720. The van der Waals surface area contributed by atoms with E-state index in [0.717, 1.165) is 5.92 Å². The van der Waals surface area contributed by atoms with Crippen molar-refractivity contribution >= 4 is 5.69 Å². The zero-order valence-electron chi connectivity index (χ0n) is 10.2. The summed E-state index contributed by atoms with van der Waals surface area (Å²) in [4.78, 5) is 0. The van der Waals surface area contributed by atoms with Crippen molar-refractivity contribution < 1.29 is 0 Å². The van der Waals surface area contributed by atoms with Gasteiger partial charge >= 0.3 is 0 Å². The Hall–Kier alpha value is -0.980. The minimum atomic E-state index is 0.651. The topological polar surface area (TPSA) is 12.0 Å². The molecule has 1 aromatic rings. The van der Waals surface area contributed by atoms with E-state index >= 15 is 0 Å². The molecule has 1 nitrogen and oxygen atoms in total. The summed E-state index contributed by atoms with van der Waals surface area (Å²) in [7, 11) is 0. The fourth-order valence-electron chi connectivity index (χ4n) is 2.35. The van der Waals surface area contributed by atoms with Crippen molar-refractivity contribution in [2.24, 2.45) is 5.92 Å². The number of anilines is 1. The van der Waals surface area contributed by atoms with Crippen LogP contribution in [0.4, 0.5) is 5.69 Å². The van der Waals surface area contributed by atoms with Gasteiger partial charge in [-0.1, -0.05) is 26.0 Å². The van der Waals surface area contributed by atoms with E-state index in [2.05, 4.69) is 45.1 Å². The summed E-state index contributed by atoms with van der Waals surface area (Å²) in [6.07, 6.45) is 2.50. The summed E-state index contributed by atoms with van der Waals surface area (Å²) in [5, 5.41) is 3.71.